The molecule has 0 aromatic heterocycles. The number of anilines is 2. The van der Waals surface area contributed by atoms with Crippen molar-refractivity contribution in [2.45, 2.75) is 19.2 Å². The van der Waals surface area contributed by atoms with Crippen molar-refractivity contribution >= 4 is 27.3 Å². The predicted molar refractivity (Wildman–Crippen MR) is 75.0 cm³/mol. The highest BCUT2D eigenvalue weighted by molar-refractivity contribution is 7.92. The average Bonchev–Trinajstić information content (AvgIpc) is 2.37. The summed E-state index contributed by atoms with van der Waals surface area (Å²) in [6, 6.07) is 3.01. The van der Waals surface area contributed by atoms with Crippen LogP contribution < -0.4 is 10.0 Å². The van der Waals surface area contributed by atoms with Gasteiger partial charge in [0.25, 0.3) is 5.91 Å². The first kappa shape index (κ1) is 19.2. The molecule has 1 aromatic rings. The van der Waals surface area contributed by atoms with E-state index in [2.05, 4.69) is 10.1 Å². The van der Waals surface area contributed by atoms with Crippen LogP contribution >= 0.6 is 0 Å². The zero-order chi connectivity index (χ0) is 17.8. The van der Waals surface area contributed by atoms with Gasteiger partial charge in [0.05, 0.1) is 11.9 Å². The van der Waals surface area contributed by atoms with Crippen LogP contribution in [-0.2, 0) is 19.6 Å². The molecule has 0 heterocycles. The van der Waals surface area contributed by atoms with Gasteiger partial charge in [-0.15, -0.1) is 0 Å². The Morgan fingerprint density at radius 3 is 2.48 bits per heavy atom. The van der Waals surface area contributed by atoms with E-state index in [0.29, 0.717) is 0 Å². The molecule has 1 atom stereocenters. The first-order valence-corrected chi connectivity index (χ1v) is 8.03. The Bertz CT molecular complexity index is 676. The largest absolute Gasteiger partial charge is 0.411 e. The van der Waals surface area contributed by atoms with Gasteiger partial charge in [-0.25, -0.2) is 12.8 Å². The van der Waals surface area contributed by atoms with Crippen LogP contribution in [0.25, 0.3) is 0 Å². The standard InChI is InChI=1S/C12H14F4N2O4S/c1-7(22-6-12(14,15)16)11(19)17-8-3-4-9(13)10(5-8)18-23(2,20)21/h3-5,7,18H,6H2,1-2H3,(H,17,19)/t7-/m1/s1. The molecule has 0 aliphatic carbocycles. The van der Waals surface area contributed by atoms with Crippen LogP contribution in [0, 0.1) is 5.82 Å². The minimum atomic E-state index is -4.57. The minimum absolute atomic E-state index is 0.00925. The minimum Gasteiger partial charge on any atom is -0.359 e. The van der Waals surface area contributed by atoms with Gasteiger partial charge in [-0.05, 0) is 25.1 Å². The Morgan fingerprint density at radius 2 is 1.96 bits per heavy atom. The summed E-state index contributed by atoms with van der Waals surface area (Å²) in [6.45, 7) is -0.480. The summed E-state index contributed by atoms with van der Waals surface area (Å²) in [7, 11) is -3.74. The molecule has 0 aliphatic rings. The van der Waals surface area contributed by atoms with Crippen molar-refractivity contribution in [2.24, 2.45) is 0 Å². The van der Waals surface area contributed by atoms with Crippen molar-refractivity contribution < 1.29 is 35.5 Å². The van der Waals surface area contributed by atoms with Gasteiger partial charge in [0.2, 0.25) is 10.0 Å². The number of hydrogen-bond acceptors (Lipinski definition) is 4. The molecule has 0 radical (unpaired) electrons. The molecule has 1 aromatic carbocycles. The summed E-state index contributed by atoms with van der Waals surface area (Å²) in [4.78, 5) is 11.7. The van der Waals surface area contributed by atoms with Crippen LogP contribution in [0.5, 0.6) is 0 Å². The summed E-state index contributed by atoms with van der Waals surface area (Å²) in [5.74, 6) is -1.78. The number of nitrogens with one attached hydrogen (secondary N) is 2. The number of carbonyl (C=O) groups is 1. The van der Waals surface area contributed by atoms with E-state index in [1.54, 1.807) is 0 Å². The normalized spacial score (nSPS) is 13.5. The molecule has 0 aliphatic heterocycles. The van der Waals surface area contributed by atoms with Crippen molar-refractivity contribution in [3.63, 3.8) is 0 Å². The van der Waals surface area contributed by atoms with E-state index in [0.717, 1.165) is 31.4 Å². The van der Waals surface area contributed by atoms with Gasteiger partial charge < -0.3 is 10.1 Å². The van der Waals surface area contributed by atoms with Crippen molar-refractivity contribution in [1.29, 1.82) is 0 Å². The summed E-state index contributed by atoms with van der Waals surface area (Å²) in [5, 5.41) is 2.20. The second kappa shape index (κ2) is 7.13. The molecule has 1 amide bonds. The maximum Gasteiger partial charge on any atom is 0.411 e. The number of carbonyl (C=O) groups excluding carboxylic acids is 1. The number of ether oxygens (including phenoxy) is 1. The Morgan fingerprint density at radius 1 is 1.35 bits per heavy atom. The van der Waals surface area contributed by atoms with Gasteiger partial charge in [0.15, 0.2) is 0 Å². The second-order valence-electron chi connectivity index (χ2n) is 4.63. The van der Waals surface area contributed by atoms with Crippen LogP contribution in [0.15, 0.2) is 18.2 Å². The Balaban J connectivity index is 2.77. The van der Waals surface area contributed by atoms with Crippen LogP contribution in [-0.4, -0.2) is 39.5 Å². The van der Waals surface area contributed by atoms with Crippen LogP contribution in [0.2, 0.25) is 0 Å². The molecule has 23 heavy (non-hydrogen) atoms. The highest BCUT2D eigenvalue weighted by Crippen LogP contribution is 2.21. The van der Waals surface area contributed by atoms with E-state index in [4.69, 9.17) is 0 Å². The average molecular weight is 358 g/mol. The number of alkyl halides is 3. The summed E-state index contributed by atoms with van der Waals surface area (Å²) in [6.07, 6.45) is -5.17. The van der Waals surface area contributed by atoms with E-state index >= 15 is 0 Å². The lowest BCUT2D eigenvalue weighted by atomic mass is 10.2. The first-order chi connectivity index (χ1) is 10.4. The van der Waals surface area contributed by atoms with E-state index in [-0.39, 0.29) is 5.69 Å². The van der Waals surface area contributed by atoms with Crippen molar-refractivity contribution in [3.8, 4) is 0 Å². The van der Waals surface area contributed by atoms with Gasteiger partial charge >= 0.3 is 6.18 Å². The van der Waals surface area contributed by atoms with Crippen LogP contribution in [0.1, 0.15) is 6.92 Å². The molecular weight excluding hydrogens is 344 g/mol. The number of benzene rings is 1. The number of hydrogen-bond donors (Lipinski definition) is 2. The lowest BCUT2D eigenvalue weighted by Crippen LogP contribution is -2.31. The van der Waals surface area contributed by atoms with E-state index in [1.807, 2.05) is 4.72 Å². The predicted octanol–water partition coefficient (Wildman–Crippen LogP) is 2.10. The van der Waals surface area contributed by atoms with E-state index < -0.39 is 46.3 Å². The first-order valence-electron chi connectivity index (χ1n) is 6.14. The van der Waals surface area contributed by atoms with Crippen molar-refractivity contribution in [2.75, 3.05) is 22.9 Å². The third kappa shape index (κ3) is 7.28. The van der Waals surface area contributed by atoms with Gasteiger partial charge in [-0.3, -0.25) is 9.52 Å². The van der Waals surface area contributed by atoms with Gasteiger partial charge in [0, 0.05) is 5.69 Å². The molecule has 2 N–H and O–H groups in total. The van der Waals surface area contributed by atoms with Gasteiger partial charge in [-0.1, -0.05) is 0 Å². The fourth-order valence-corrected chi connectivity index (χ4v) is 1.98. The van der Waals surface area contributed by atoms with E-state index in [1.165, 1.54) is 0 Å². The maximum absolute atomic E-state index is 13.5. The number of rotatable bonds is 6. The van der Waals surface area contributed by atoms with Crippen molar-refractivity contribution in [1.82, 2.24) is 0 Å². The lowest BCUT2D eigenvalue weighted by molar-refractivity contribution is -0.184. The summed E-state index contributed by atoms with van der Waals surface area (Å²) >= 11 is 0. The number of sulfonamides is 1. The van der Waals surface area contributed by atoms with Crippen LogP contribution in [0.3, 0.4) is 0 Å². The Labute approximate surface area is 129 Å². The zero-order valence-electron chi connectivity index (χ0n) is 12.1. The van der Waals surface area contributed by atoms with Crippen molar-refractivity contribution in [3.05, 3.63) is 24.0 Å². The Kier molecular flexibility index (Phi) is 5.94. The molecule has 0 saturated heterocycles. The highest BCUT2D eigenvalue weighted by Gasteiger charge is 2.30. The fourth-order valence-electron chi connectivity index (χ4n) is 1.42. The fraction of sp³-hybridized carbons (Fsp3) is 0.417. The maximum atomic E-state index is 13.5. The zero-order valence-corrected chi connectivity index (χ0v) is 12.9. The molecule has 11 heteroatoms. The highest BCUT2D eigenvalue weighted by atomic mass is 32.2. The third-order valence-electron chi connectivity index (χ3n) is 2.40. The molecule has 6 nitrogen and oxygen atoms in total. The summed E-state index contributed by atoms with van der Waals surface area (Å²) in [5.41, 5.74) is -0.417. The van der Waals surface area contributed by atoms with Gasteiger partial charge in [0.1, 0.15) is 18.5 Å². The molecule has 0 saturated carbocycles. The SMILES string of the molecule is C[C@@H](OCC(F)(F)F)C(=O)Nc1ccc(F)c(NS(C)(=O)=O)c1. The van der Waals surface area contributed by atoms with E-state index in [9.17, 15) is 30.8 Å². The lowest BCUT2D eigenvalue weighted by Gasteiger charge is -2.15. The molecule has 0 spiro atoms. The van der Waals surface area contributed by atoms with Crippen LogP contribution in [0.4, 0.5) is 28.9 Å². The number of halogens is 4. The molecule has 0 fully saturated rings. The molecule has 0 bridgehead atoms. The molecular formula is C12H14F4N2O4S. The second-order valence-corrected chi connectivity index (χ2v) is 6.37. The molecule has 130 valence electrons. The third-order valence-corrected chi connectivity index (χ3v) is 2.99. The number of amides is 1. The van der Waals surface area contributed by atoms with Gasteiger partial charge in [-0.2, -0.15) is 13.2 Å². The molecule has 1 rings (SSSR count). The Hall–Kier alpha value is -1.88. The summed E-state index contributed by atoms with van der Waals surface area (Å²) < 4.78 is 77.9. The topological polar surface area (TPSA) is 84.5 Å². The quantitative estimate of drug-likeness (QED) is 0.763. The molecule has 0 unspecified atom stereocenters. The smallest absolute Gasteiger partial charge is 0.359 e. The monoisotopic (exact) mass is 358 g/mol.